The predicted octanol–water partition coefficient (Wildman–Crippen LogP) is 1.40. The summed E-state index contributed by atoms with van der Waals surface area (Å²) in [6, 6.07) is 5.44. The van der Waals surface area contributed by atoms with Crippen LogP contribution < -0.4 is 27.0 Å². The van der Waals surface area contributed by atoms with E-state index in [4.69, 9.17) is 15.7 Å². The summed E-state index contributed by atoms with van der Waals surface area (Å²) in [5, 5.41) is 20.4. The molecule has 0 bridgehead atoms. The second kappa shape index (κ2) is 16.4. The van der Waals surface area contributed by atoms with E-state index in [1.807, 2.05) is 19.9 Å². The first kappa shape index (κ1) is 31.6. The van der Waals surface area contributed by atoms with Crippen molar-refractivity contribution in [3.8, 4) is 6.07 Å². The van der Waals surface area contributed by atoms with Crippen molar-refractivity contribution >= 4 is 50.9 Å². The fourth-order valence-corrected chi connectivity index (χ4v) is 4.55. The molecule has 4 amide bonds. The first-order chi connectivity index (χ1) is 18.7. The van der Waals surface area contributed by atoms with Gasteiger partial charge < -0.3 is 31.7 Å². The van der Waals surface area contributed by atoms with E-state index < -0.39 is 29.8 Å². The lowest BCUT2D eigenvalue weighted by Gasteiger charge is -2.26. The Morgan fingerprint density at radius 1 is 1.15 bits per heavy atom. The highest BCUT2D eigenvalue weighted by molar-refractivity contribution is 7.19. The highest BCUT2D eigenvalue weighted by Gasteiger charge is 2.29. The molecule has 0 saturated heterocycles. The van der Waals surface area contributed by atoms with Crippen LogP contribution in [0.3, 0.4) is 0 Å². The summed E-state index contributed by atoms with van der Waals surface area (Å²) in [5.41, 5.74) is 6.80. The van der Waals surface area contributed by atoms with Crippen LogP contribution in [0.5, 0.6) is 0 Å². The number of methoxy groups -OCH3 is 1. The number of nitrogens with one attached hydrogen (secondary N) is 4. The number of carbonyl (C=O) groups excluding carboxylic acids is 4. The zero-order valence-corrected chi connectivity index (χ0v) is 23.4. The molecule has 1 heterocycles. The van der Waals surface area contributed by atoms with Crippen LogP contribution in [0, 0.1) is 17.2 Å². The topological polar surface area (TPSA) is 188 Å². The molecule has 0 aliphatic rings. The summed E-state index contributed by atoms with van der Waals surface area (Å²) >= 11 is 1.22. The van der Waals surface area contributed by atoms with E-state index in [0.717, 1.165) is 4.70 Å². The minimum atomic E-state index is -0.861. The van der Waals surface area contributed by atoms with Crippen molar-refractivity contribution in [3.63, 3.8) is 0 Å². The molecule has 39 heavy (non-hydrogen) atoms. The number of anilines is 1. The molecule has 0 aliphatic heterocycles. The first-order valence-electron chi connectivity index (χ1n) is 12.9. The highest BCUT2D eigenvalue weighted by Crippen LogP contribution is 2.25. The van der Waals surface area contributed by atoms with Crippen molar-refractivity contribution in [1.82, 2.24) is 20.9 Å². The summed E-state index contributed by atoms with van der Waals surface area (Å²) in [5.74, 6) is -1.81. The van der Waals surface area contributed by atoms with Crippen LogP contribution in [0.1, 0.15) is 51.0 Å². The number of hydrogen-bond acceptors (Lipinski definition) is 9. The molecule has 13 heteroatoms. The van der Waals surface area contributed by atoms with Gasteiger partial charge in [0.2, 0.25) is 23.6 Å². The molecular formula is C26H37N7O5S. The largest absolute Gasteiger partial charge is 0.375 e. The molecule has 0 spiro atoms. The van der Waals surface area contributed by atoms with Crippen LogP contribution in [-0.2, 0) is 23.9 Å². The van der Waals surface area contributed by atoms with Crippen molar-refractivity contribution in [2.75, 3.05) is 32.1 Å². The average Bonchev–Trinajstić information content (AvgIpc) is 3.33. The van der Waals surface area contributed by atoms with Crippen LogP contribution in [0.2, 0.25) is 0 Å². The van der Waals surface area contributed by atoms with Gasteiger partial charge in [-0.2, -0.15) is 5.26 Å². The van der Waals surface area contributed by atoms with Gasteiger partial charge in [-0.05, 0) is 49.9 Å². The van der Waals surface area contributed by atoms with E-state index in [1.54, 1.807) is 18.2 Å². The Labute approximate surface area is 232 Å². The predicted molar refractivity (Wildman–Crippen MR) is 149 cm³/mol. The number of carbonyl (C=O) groups is 4. The van der Waals surface area contributed by atoms with Crippen LogP contribution in [0.15, 0.2) is 18.2 Å². The second-order valence-electron chi connectivity index (χ2n) is 9.11. The smallest absolute Gasteiger partial charge is 0.246 e. The van der Waals surface area contributed by atoms with Crippen molar-refractivity contribution in [1.29, 1.82) is 5.26 Å². The minimum absolute atomic E-state index is 0.0103. The molecule has 0 fully saturated rings. The van der Waals surface area contributed by atoms with Crippen LogP contribution in [0.25, 0.3) is 10.2 Å². The Bertz CT molecular complexity index is 1180. The van der Waals surface area contributed by atoms with Crippen LogP contribution >= 0.6 is 11.3 Å². The summed E-state index contributed by atoms with van der Waals surface area (Å²) in [6.07, 6.45) is 2.28. The Morgan fingerprint density at radius 3 is 2.59 bits per heavy atom. The van der Waals surface area contributed by atoms with Crippen molar-refractivity contribution in [3.05, 3.63) is 23.2 Å². The molecule has 1 aromatic carbocycles. The van der Waals surface area contributed by atoms with Crippen molar-refractivity contribution in [2.24, 2.45) is 11.7 Å². The molecule has 0 aliphatic carbocycles. The van der Waals surface area contributed by atoms with Gasteiger partial charge in [-0.1, -0.05) is 20.3 Å². The molecule has 1 aromatic heterocycles. The van der Waals surface area contributed by atoms with E-state index in [9.17, 15) is 19.2 Å². The Hall–Kier alpha value is -3.60. The molecule has 3 atom stereocenters. The molecule has 2 rings (SSSR count). The van der Waals surface area contributed by atoms with E-state index in [1.165, 1.54) is 18.4 Å². The summed E-state index contributed by atoms with van der Waals surface area (Å²) in [7, 11) is 1.40. The average molecular weight is 560 g/mol. The van der Waals surface area contributed by atoms with Gasteiger partial charge in [0.25, 0.3) is 0 Å². The molecule has 2 aromatic rings. The van der Waals surface area contributed by atoms with E-state index in [0.29, 0.717) is 48.4 Å². The second-order valence-corrected chi connectivity index (χ2v) is 10.1. The number of fused-ring (bicyclic) bond motifs is 1. The lowest BCUT2D eigenvalue weighted by molar-refractivity contribution is -0.132. The summed E-state index contributed by atoms with van der Waals surface area (Å²) < 4.78 is 5.49. The maximum Gasteiger partial charge on any atom is 0.246 e. The number of hydrogen-bond donors (Lipinski definition) is 5. The molecular weight excluding hydrogens is 522 g/mol. The van der Waals surface area contributed by atoms with E-state index in [-0.39, 0.29) is 31.4 Å². The van der Waals surface area contributed by atoms with Gasteiger partial charge in [-0.3, -0.25) is 19.2 Å². The van der Waals surface area contributed by atoms with Crippen molar-refractivity contribution in [2.45, 2.75) is 58.0 Å². The van der Waals surface area contributed by atoms with Crippen LogP contribution in [0.4, 0.5) is 5.69 Å². The molecule has 0 unspecified atom stereocenters. The third-order valence-corrected chi connectivity index (χ3v) is 7.02. The van der Waals surface area contributed by atoms with Gasteiger partial charge in [0.05, 0.1) is 10.2 Å². The summed E-state index contributed by atoms with van der Waals surface area (Å²) in [6.45, 7) is 4.20. The molecule has 0 radical (unpaired) electrons. The Kier molecular flexibility index (Phi) is 13.3. The first-order valence-corrected chi connectivity index (χ1v) is 13.7. The van der Waals surface area contributed by atoms with Gasteiger partial charge >= 0.3 is 0 Å². The SMILES string of the molecule is CC[C@H](C)[C@H](NC(=O)CCNC(=O)COC)C(=O)N[C@@H](CCCCN)C(=O)Nc1ccc2nc(C#N)sc2c1. The minimum Gasteiger partial charge on any atom is -0.375 e. The summed E-state index contributed by atoms with van der Waals surface area (Å²) in [4.78, 5) is 54.8. The number of rotatable bonds is 16. The van der Waals surface area contributed by atoms with Gasteiger partial charge in [0, 0.05) is 25.8 Å². The van der Waals surface area contributed by atoms with Gasteiger partial charge in [0.1, 0.15) is 24.8 Å². The molecule has 12 nitrogen and oxygen atoms in total. The van der Waals surface area contributed by atoms with E-state index >= 15 is 0 Å². The number of nitrogens with zero attached hydrogens (tertiary/aromatic N) is 2. The standard InChI is InChI=1S/C26H37N7O5S/c1-4-16(2)24(33-21(34)10-12-29-22(35)15-38-3)26(37)32-19(7-5-6-11-27)25(36)30-17-8-9-18-20(13-17)39-23(14-28)31-18/h8-9,13,16,19,24H,4-7,10-12,15,27H2,1-3H3,(H,29,35)(H,30,36)(H,32,37)(H,33,34)/t16-,19-,24-/m0/s1. The lowest BCUT2D eigenvalue weighted by Crippen LogP contribution is -2.55. The lowest BCUT2D eigenvalue weighted by atomic mass is 9.97. The molecule has 0 saturated carbocycles. The highest BCUT2D eigenvalue weighted by atomic mass is 32.1. The number of unbranched alkanes of at least 4 members (excludes halogenated alkanes) is 1. The maximum atomic E-state index is 13.3. The van der Waals surface area contributed by atoms with Crippen molar-refractivity contribution < 1.29 is 23.9 Å². The number of nitrogens with two attached hydrogens (primary N) is 1. The molecule has 212 valence electrons. The van der Waals surface area contributed by atoms with Gasteiger partial charge in [-0.25, -0.2) is 4.98 Å². The number of benzene rings is 1. The zero-order chi connectivity index (χ0) is 28.8. The number of thiazole rings is 1. The molecule has 6 N–H and O–H groups in total. The number of amides is 4. The Morgan fingerprint density at radius 2 is 1.92 bits per heavy atom. The van der Waals surface area contributed by atoms with Gasteiger partial charge in [0.15, 0.2) is 5.01 Å². The quantitative estimate of drug-likeness (QED) is 0.191. The fourth-order valence-electron chi connectivity index (χ4n) is 3.75. The third-order valence-electron chi connectivity index (χ3n) is 6.09. The normalized spacial score (nSPS) is 13.1. The monoisotopic (exact) mass is 559 g/mol. The van der Waals surface area contributed by atoms with Gasteiger partial charge in [-0.15, -0.1) is 11.3 Å². The zero-order valence-electron chi connectivity index (χ0n) is 22.5. The number of nitriles is 1. The number of aromatic nitrogens is 1. The van der Waals surface area contributed by atoms with Crippen LogP contribution in [-0.4, -0.2) is 67.5 Å². The third kappa shape index (κ3) is 10.2. The maximum absolute atomic E-state index is 13.3. The Balaban J connectivity index is 2.09. The van der Waals surface area contributed by atoms with E-state index in [2.05, 4.69) is 26.3 Å². The fraction of sp³-hybridized carbons (Fsp3) is 0.538. The number of ether oxygens (including phenoxy) is 1.